The number of hydrogen-bond donors (Lipinski definition) is 1. The van der Waals surface area contributed by atoms with Gasteiger partial charge in [-0.05, 0) is 13.1 Å². The van der Waals surface area contributed by atoms with Crippen LogP contribution in [0, 0.1) is 12.6 Å². The van der Waals surface area contributed by atoms with Crippen molar-refractivity contribution in [1.82, 2.24) is 4.90 Å². The molecular weight excluding hydrogens is 642 g/mol. The Bertz CT molecular complexity index is 354. The standard InChI is InChI=1S/C12H17N3.Rb.Re.W/c1-10-9-15(7-6-14(10)2)12-5-3-4-11(13)8-12;;;/h3-4,6,8,10H,7,9,13H2,1-2H3;;;/q-2;+1;;/t10-;;;/m1.../s1. The van der Waals surface area contributed by atoms with Crippen LogP contribution in [0.3, 0.4) is 0 Å². The van der Waals surface area contributed by atoms with Gasteiger partial charge in [-0.2, -0.15) is 12.1 Å². The van der Waals surface area contributed by atoms with Gasteiger partial charge in [0.05, 0.1) is 0 Å². The number of piperazine rings is 1. The van der Waals surface area contributed by atoms with Gasteiger partial charge < -0.3 is 15.5 Å². The molecule has 0 saturated carbocycles. The molecule has 1 atom stereocenters. The Balaban J connectivity index is 0. The molecule has 1 aromatic carbocycles. The van der Waals surface area contributed by atoms with Crippen molar-refractivity contribution >= 4 is 11.4 Å². The van der Waals surface area contributed by atoms with E-state index in [1.807, 2.05) is 18.2 Å². The summed E-state index contributed by atoms with van der Waals surface area (Å²) in [7, 11) is 2.12. The molecule has 95 valence electrons. The minimum absolute atomic E-state index is 0. The van der Waals surface area contributed by atoms with Gasteiger partial charge in [-0.3, -0.25) is 0 Å². The fraction of sp³-hybridized carbons (Fsp3) is 0.417. The monoisotopic (exact) mass is 659 g/mol. The first-order valence-corrected chi connectivity index (χ1v) is 5.24. The van der Waals surface area contributed by atoms with Crippen LogP contribution in [0.5, 0.6) is 0 Å². The molecule has 0 aliphatic carbocycles. The number of benzene rings is 1. The zero-order chi connectivity index (χ0) is 10.8. The summed E-state index contributed by atoms with van der Waals surface area (Å²) in [5, 5.41) is 0. The maximum Gasteiger partial charge on any atom is 1.00 e. The fourth-order valence-electron chi connectivity index (χ4n) is 1.78. The van der Waals surface area contributed by atoms with Crippen molar-refractivity contribution in [2.75, 3.05) is 30.8 Å². The van der Waals surface area contributed by atoms with Crippen molar-refractivity contribution in [3.63, 3.8) is 0 Å². The van der Waals surface area contributed by atoms with E-state index in [0.717, 1.165) is 24.5 Å². The van der Waals surface area contributed by atoms with E-state index >= 15 is 0 Å². The molecular formula is C12H17N3RbReW-. The van der Waals surface area contributed by atoms with Crippen LogP contribution in [0.25, 0.3) is 0 Å². The van der Waals surface area contributed by atoms with Crippen molar-refractivity contribution in [3.8, 4) is 0 Å². The Kier molecular flexibility index (Phi) is 13.1. The van der Waals surface area contributed by atoms with Gasteiger partial charge in [0, 0.05) is 48.0 Å². The molecule has 1 heterocycles. The van der Waals surface area contributed by atoms with E-state index in [9.17, 15) is 0 Å². The summed E-state index contributed by atoms with van der Waals surface area (Å²) >= 11 is 0. The molecule has 1 aliphatic heterocycles. The molecule has 18 heavy (non-hydrogen) atoms. The number of anilines is 2. The number of nitrogen functional groups attached to an aromatic ring is 1. The Hall–Kier alpha value is 1.94. The second kappa shape index (κ2) is 10.6. The average molecular weight is 659 g/mol. The average Bonchev–Trinajstić information content (AvgIpc) is 2.22. The second-order valence-corrected chi connectivity index (χ2v) is 4.11. The zero-order valence-corrected chi connectivity index (χ0v) is 21.6. The number of rotatable bonds is 1. The third-order valence-corrected chi connectivity index (χ3v) is 2.92. The number of likely N-dealkylation sites (N-methyl/N-ethyl adjacent to an activating group) is 1. The summed E-state index contributed by atoms with van der Waals surface area (Å²) < 4.78 is 0. The predicted octanol–water partition coefficient (Wildman–Crippen LogP) is -1.63. The van der Waals surface area contributed by atoms with Crippen molar-refractivity contribution in [3.05, 3.63) is 30.8 Å². The van der Waals surface area contributed by atoms with Crippen molar-refractivity contribution in [2.45, 2.75) is 13.0 Å². The van der Waals surface area contributed by atoms with E-state index in [-0.39, 0.29) is 99.7 Å². The van der Waals surface area contributed by atoms with E-state index < -0.39 is 0 Å². The quantitative estimate of drug-likeness (QED) is 0.291. The Morgan fingerprint density at radius 2 is 2.17 bits per heavy atom. The first kappa shape index (κ1) is 22.2. The third kappa shape index (κ3) is 6.14. The predicted molar refractivity (Wildman–Crippen MR) is 63.4 cm³/mol. The normalized spacial score (nSPS) is 19.2. The Labute approximate surface area is 187 Å². The first-order valence-electron chi connectivity index (χ1n) is 5.24. The Morgan fingerprint density at radius 1 is 1.50 bits per heavy atom. The van der Waals surface area contributed by atoms with Gasteiger partial charge in [-0.15, -0.1) is 12.1 Å². The van der Waals surface area contributed by atoms with E-state index in [4.69, 9.17) is 5.73 Å². The van der Waals surface area contributed by atoms with Gasteiger partial charge in [0.2, 0.25) is 0 Å². The molecule has 1 radical (unpaired) electrons. The number of nitrogens with two attached hydrogens (primary N) is 1. The smallest absolute Gasteiger partial charge is 0.454 e. The zero-order valence-electron chi connectivity index (χ0n) is 11.1. The summed E-state index contributed by atoms with van der Waals surface area (Å²) in [6, 6.07) is 9.49. The van der Waals surface area contributed by atoms with Crippen molar-refractivity contribution < 1.29 is 99.7 Å². The molecule has 1 aromatic rings. The van der Waals surface area contributed by atoms with Crippen LogP contribution in [0.2, 0.25) is 0 Å². The summed E-state index contributed by atoms with van der Waals surface area (Å²) in [6.07, 6.45) is 0. The van der Waals surface area contributed by atoms with Crippen LogP contribution in [0.15, 0.2) is 18.2 Å². The van der Waals surface area contributed by atoms with Crippen LogP contribution >= 0.6 is 0 Å². The molecule has 2 N–H and O–H groups in total. The van der Waals surface area contributed by atoms with Gasteiger partial charge in [0.25, 0.3) is 0 Å². The molecule has 0 unspecified atom stereocenters. The van der Waals surface area contributed by atoms with Crippen LogP contribution in [-0.4, -0.2) is 31.1 Å². The van der Waals surface area contributed by atoms with Gasteiger partial charge in [0.15, 0.2) is 0 Å². The summed E-state index contributed by atoms with van der Waals surface area (Å²) in [4.78, 5) is 4.55. The third-order valence-electron chi connectivity index (χ3n) is 2.92. The van der Waals surface area contributed by atoms with Gasteiger partial charge in [-0.1, -0.05) is 24.8 Å². The fourth-order valence-corrected chi connectivity index (χ4v) is 1.78. The van der Waals surface area contributed by atoms with Crippen molar-refractivity contribution in [1.29, 1.82) is 0 Å². The van der Waals surface area contributed by atoms with E-state index in [2.05, 4.69) is 36.4 Å². The van der Waals surface area contributed by atoms with Crippen LogP contribution in [-0.2, 0) is 41.5 Å². The molecule has 0 aromatic heterocycles. The molecule has 3 nitrogen and oxygen atoms in total. The van der Waals surface area contributed by atoms with Gasteiger partial charge in [0.1, 0.15) is 0 Å². The molecule has 1 aliphatic rings. The van der Waals surface area contributed by atoms with Crippen LogP contribution in [0.1, 0.15) is 6.92 Å². The van der Waals surface area contributed by atoms with Crippen LogP contribution < -0.4 is 68.8 Å². The van der Waals surface area contributed by atoms with E-state index in [1.54, 1.807) is 0 Å². The van der Waals surface area contributed by atoms with Gasteiger partial charge >= 0.3 is 58.2 Å². The molecule has 1 saturated heterocycles. The molecule has 0 bridgehead atoms. The summed E-state index contributed by atoms with van der Waals surface area (Å²) in [5.74, 6) is 0. The maximum atomic E-state index is 5.76. The summed E-state index contributed by atoms with van der Waals surface area (Å²) in [5.41, 5.74) is 7.65. The maximum absolute atomic E-state index is 5.76. The molecule has 0 spiro atoms. The van der Waals surface area contributed by atoms with Crippen molar-refractivity contribution in [2.24, 2.45) is 0 Å². The largest absolute Gasteiger partial charge is 1.00 e. The van der Waals surface area contributed by atoms with E-state index in [0.29, 0.717) is 6.04 Å². The Morgan fingerprint density at radius 3 is 2.72 bits per heavy atom. The number of nitrogens with zero attached hydrogens (tertiary/aromatic N) is 2. The van der Waals surface area contributed by atoms with Gasteiger partial charge in [-0.25, -0.2) is 6.54 Å². The molecule has 1 fully saturated rings. The minimum atomic E-state index is 0. The second-order valence-electron chi connectivity index (χ2n) is 4.11. The van der Waals surface area contributed by atoms with Crippen LogP contribution in [0.4, 0.5) is 11.4 Å². The number of hydrogen-bond acceptors (Lipinski definition) is 3. The first-order chi connectivity index (χ1) is 7.16. The van der Waals surface area contributed by atoms with E-state index in [1.165, 1.54) is 0 Å². The SMILES string of the molecule is C[C@@H]1CN(c2[c-]ccc(N)c2)C[CH-]N1C.[Rb+].[Re].[W]. The summed E-state index contributed by atoms with van der Waals surface area (Å²) in [6.45, 7) is 6.37. The topological polar surface area (TPSA) is 32.5 Å². The molecule has 2 rings (SSSR count). The molecule has 0 amide bonds. The molecule has 6 heteroatoms. The minimum Gasteiger partial charge on any atom is -0.454 e.